The van der Waals surface area contributed by atoms with E-state index >= 15 is 0 Å². The number of H-pyrrole nitrogens is 1. The Hall–Kier alpha value is -2.34. The topological polar surface area (TPSA) is 62.3 Å². The van der Waals surface area contributed by atoms with Crippen LogP contribution in [-0.4, -0.2) is 23.3 Å². The molecule has 3 rings (SSSR count). The van der Waals surface area contributed by atoms with E-state index in [4.69, 9.17) is 4.74 Å². The van der Waals surface area contributed by atoms with Gasteiger partial charge >= 0.3 is 0 Å². The van der Waals surface area contributed by atoms with Crippen molar-refractivity contribution >= 4 is 39.1 Å². The molecule has 6 heteroatoms. The number of para-hydroxylation sites is 2. The summed E-state index contributed by atoms with van der Waals surface area (Å²) in [5, 5.41) is 4.19. The van der Waals surface area contributed by atoms with Gasteiger partial charge in [0.1, 0.15) is 5.75 Å². The Morgan fingerprint density at radius 3 is 2.95 bits per heavy atom. The van der Waals surface area contributed by atoms with E-state index in [1.807, 2.05) is 42.5 Å². The molecule has 0 fully saturated rings. The van der Waals surface area contributed by atoms with Gasteiger partial charge in [-0.05, 0) is 30.3 Å². The predicted octanol–water partition coefficient (Wildman–Crippen LogP) is 3.78. The molecule has 0 aliphatic carbocycles. The van der Waals surface area contributed by atoms with Gasteiger partial charge in [0.15, 0.2) is 0 Å². The average Bonchev–Trinajstić information content (AvgIpc) is 2.90. The summed E-state index contributed by atoms with van der Waals surface area (Å²) in [6, 6.07) is 13.5. The van der Waals surface area contributed by atoms with Crippen molar-refractivity contribution in [3.8, 4) is 5.75 Å². The highest BCUT2D eigenvalue weighted by Crippen LogP contribution is 2.21. The number of benzene rings is 2. The van der Waals surface area contributed by atoms with Crippen molar-refractivity contribution in [2.24, 2.45) is 5.10 Å². The minimum Gasteiger partial charge on any atom is -0.496 e. The molecule has 21 heavy (non-hydrogen) atoms. The van der Waals surface area contributed by atoms with E-state index in [0.29, 0.717) is 5.95 Å². The van der Waals surface area contributed by atoms with E-state index in [9.17, 15) is 0 Å². The lowest BCUT2D eigenvalue weighted by atomic mass is 10.2. The van der Waals surface area contributed by atoms with Crippen LogP contribution in [0.1, 0.15) is 5.56 Å². The van der Waals surface area contributed by atoms with Crippen LogP contribution in [0, 0.1) is 0 Å². The van der Waals surface area contributed by atoms with Crippen molar-refractivity contribution in [1.29, 1.82) is 0 Å². The SMILES string of the molecule is COc1ccc(Br)cc1/C=N\Nc1nc2ccccc2[nH]1. The monoisotopic (exact) mass is 344 g/mol. The van der Waals surface area contributed by atoms with Gasteiger partial charge in [0.2, 0.25) is 5.95 Å². The van der Waals surface area contributed by atoms with Gasteiger partial charge in [-0.25, -0.2) is 10.4 Å². The molecule has 0 saturated heterocycles. The summed E-state index contributed by atoms with van der Waals surface area (Å²) in [4.78, 5) is 7.53. The fraction of sp³-hybridized carbons (Fsp3) is 0.0667. The molecule has 106 valence electrons. The summed E-state index contributed by atoms with van der Waals surface area (Å²) in [6.45, 7) is 0. The fourth-order valence-corrected chi connectivity index (χ4v) is 2.35. The maximum absolute atomic E-state index is 5.29. The standard InChI is InChI=1S/C15H13BrN4O/c1-21-14-7-6-11(16)8-10(14)9-17-20-15-18-12-4-2-3-5-13(12)19-15/h2-9H,1H3,(H2,18,19,20)/b17-9-. The summed E-state index contributed by atoms with van der Waals surface area (Å²) in [6.07, 6.45) is 1.69. The lowest BCUT2D eigenvalue weighted by Crippen LogP contribution is -1.95. The summed E-state index contributed by atoms with van der Waals surface area (Å²) >= 11 is 3.43. The average molecular weight is 345 g/mol. The zero-order valence-corrected chi connectivity index (χ0v) is 12.9. The first-order chi connectivity index (χ1) is 10.3. The van der Waals surface area contributed by atoms with Crippen LogP contribution in [0.4, 0.5) is 5.95 Å². The highest BCUT2D eigenvalue weighted by molar-refractivity contribution is 9.10. The van der Waals surface area contributed by atoms with E-state index in [0.717, 1.165) is 26.8 Å². The van der Waals surface area contributed by atoms with Crippen molar-refractivity contribution < 1.29 is 4.74 Å². The van der Waals surface area contributed by atoms with Gasteiger partial charge in [-0.15, -0.1) is 0 Å². The number of hydrogen-bond donors (Lipinski definition) is 2. The number of fused-ring (bicyclic) bond motifs is 1. The van der Waals surface area contributed by atoms with Crippen molar-refractivity contribution in [2.75, 3.05) is 12.5 Å². The number of imidazole rings is 1. The number of hydrazone groups is 1. The fourth-order valence-electron chi connectivity index (χ4n) is 1.97. The Morgan fingerprint density at radius 1 is 1.29 bits per heavy atom. The Kier molecular flexibility index (Phi) is 3.87. The minimum absolute atomic E-state index is 0.599. The Balaban J connectivity index is 1.79. The largest absolute Gasteiger partial charge is 0.496 e. The summed E-state index contributed by atoms with van der Waals surface area (Å²) in [5.41, 5.74) is 5.62. The number of hydrogen-bond acceptors (Lipinski definition) is 4. The van der Waals surface area contributed by atoms with E-state index in [1.165, 1.54) is 0 Å². The highest BCUT2D eigenvalue weighted by atomic mass is 79.9. The lowest BCUT2D eigenvalue weighted by Gasteiger charge is -2.04. The van der Waals surface area contributed by atoms with Crippen molar-refractivity contribution in [3.05, 3.63) is 52.5 Å². The molecule has 3 aromatic rings. The molecule has 0 bridgehead atoms. The van der Waals surface area contributed by atoms with Gasteiger partial charge in [0.05, 0.1) is 24.4 Å². The van der Waals surface area contributed by atoms with Gasteiger partial charge in [-0.3, -0.25) is 0 Å². The number of rotatable bonds is 4. The van der Waals surface area contributed by atoms with Crippen LogP contribution in [0.15, 0.2) is 52.0 Å². The van der Waals surface area contributed by atoms with Crippen LogP contribution in [0.25, 0.3) is 11.0 Å². The number of aromatic amines is 1. The van der Waals surface area contributed by atoms with E-state index in [1.54, 1.807) is 13.3 Å². The second kappa shape index (κ2) is 5.97. The molecule has 1 heterocycles. The van der Waals surface area contributed by atoms with E-state index in [-0.39, 0.29) is 0 Å². The van der Waals surface area contributed by atoms with Crippen LogP contribution in [0.5, 0.6) is 5.75 Å². The van der Waals surface area contributed by atoms with Gasteiger partial charge in [0, 0.05) is 10.0 Å². The molecule has 0 saturated carbocycles. The predicted molar refractivity (Wildman–Crippen MR) is 88.0 cm³/mol. The minimum atomic E-state index is 0.599. The first-order valence-electron chi connectivity index (χ1n) is 6.33. The van der Waals surface area contributed by atoms with Crippen LogP contribution >= 0.6 is 15.9 Å². The third-order valence-corrected chi connectivity index (χ3v) is 3.45. The number of halogens is 1. The zero-order valence-electron chi connectivity index (χ0n) is 11.3. The maximum Gasteiger partial charge on any atom is 0.222 e. The third kappa shape index (κ3) is 3.05. The molecule has 0 unspecified atom stereocenters. The number of nitrogens with zero attached hydrogens (tertiary/aromatic N) is 2. The zero-order chi connectivity index (χ0) is 14.7. The van der Waals surface area contributed by atoms with E-state index < -0.39 is 0 Å². The van der Waals surface area contributed by atoms with Crippen LogP contribution < -0.4 is 10.2 Å². The smallest absolute Gasteiger partial charge is 0.222 e. The third-order valence-electron chi connectivity index (χ3n) is 2.96. The normalized spacial score (nSPS) is 11.1. The molecule has 0 spiro atoms. The summed E-state index contributed by atoms with van der Waals surface area (Å²) in [7, 11) is 1.63. The number of ether oxygens (including phenoxy) is 1. The lowest BCUT2D eigenvalue weighted by molar-refractivity contribution is 0.414. The van der Waals surface area contributed by atoms with Crippen LogP contribution in [0.2, 0.25) is 0 Å². The van der Waals surface area contributed by atoms with Gasteiger partial charge in [-0.1, -0.05) is 28.1 Å². The second-order valence-electron chi connectivity index (χ2n) is 4.36. The summed E-state index contributed by atoms with van der Waals surface area (Å²) < 4.78 is 6.25. The second-order valence-corrected chi connectivity index (χ2v) is 5.27. The van der Waals surface area contributed by atoms with Gasteiger partial charge in [-0.2, -0.15) is 5.10 Å². The molecule has 0 aliphatic rings. The molecule has 0 aliphatic heterocycles. The highest BCUT2D eigenvalue weighted by Gasteiger charge is 2.02. The number of aromatic nitrogens is 2. The number of nitrogens with one attached hydrogen (secondary N) is 2. The first-order valence-corrected chi connectivity index (χ1v) is 7.13. The van der Waals surface area contributed by atoms with Crippen LogP contribution in [0.3, 0.4) is 0 Å². The van der Waals surface area contributed by atoms with Crippen LogP contribution in [-0.2, 0) is 0 Å². The number of methoxy groups -OCH3 is 1. The Bertz CT molecular complexity index is 764. The van der Waals surface area contributed by atoms with E-state index in [2.05, 4.69) is 36.4 Å². The van der Waals surface area contributed by atoms with Gasteiger partial charge < -0.3 is 9.72 Å². The quantitative estimate of drug-likeness (QED) is 0.559. The molecule has 1 aromatic heterocycles. The maximum atomic E-state index is 5.29. The molecule has 0 radical (unpaired) electrons. The molecule has 2 N–H and O–H groups in total. The van der Waals surface area contributed by atoms with Gasteiger partial charge in [0.25, 0.3) is 0 Å². The molecule has 0 amide bonds. The molecule has 0 atom stereocenters. The molecule has 5 nitrogen and oxygen atoms in total. The molecule has 2 aromatic carbocycles. The Labute approximate surface area is 130 Å². The molecular weight excluding hydrogens is 332 g/mol. The summed E-state index contributed by atoms with van der Waals surface area (Å²) in [5.74, 6) is 1.36. The Morgan fingerprint density at radius 2 is 2.14 bits per heavy atom. The van der Waals surface area contributed by atoms with Crippen molar-refractivity contribution in [1.82, 2.24) is 9.97 Å². The first kappa shape index (κ1) is 13.6. The number of anilines is 1. The van der Waals surface area contributed by atoms with Crippen molar-refractivity contribution in [3.63, 3.8) is 0 Å². The molecular formula is C15H13BrN4O. The van der Waals surface area contributed by atoms with Crippen molar-refractivity contribution in [2.45, 2.75) is 0 Å².